The van der Waals surface area contributed by atoms with Crippen molar-refractivity contribution in [2.75, 3.05) is 6.54 Å². The van der Waals surface area contributed by atoms with Crippen LogP contribution in [-0.2, 0) is 14.3 Å². The van der Waals surface area contributed by atoms with E-state index in [4.69, 9.17) is 16.3 Å². The van der Waals surface area contributed by atoms with Crippen molar-refractivity contribution in [3.63, 3.8) is 0 Å². The largest absolute Gasteiger partial charge is 0.456 e. The molecule has 4 bridgehead atoms. The summed E-state index contributed by atoms with van der Waals surface area (Å²) < 4.78 is 5.42. The van der Waals surface area contributed by atoms with E-state index in [2.05, 4.69) is 5.32 Å². The molecule has 0 saturated heterocycles. The first kappa shape index (κ1) is 18.8. The monoisotopic (exact) mass is 389 g/mol. The minimum absolute atomic E-state index is 0.0145. The summed E-state index contributed by atoms with van der Waals surface area (Å²) in [7, 11) is 0. The minimum Gasteiger partial charge on any atom is -0.456 e. The molecule has 27 heavy (non-hydrogen) atoms. The Morgan fingerprint density at radius 2 is 1.74 bits per heavy atom. The summed E-state index contributed by atoms with van der Waals surface area (Å²) in [4.78, 5) is 24.6. The average molecular weight is 390 g/mol. The number of ether oxygens (including phenoxy) is 1. The summed E-state index contributed by atoms with van der Waals surface area (Å²) in [6, 6.07) is 7.31. The quantitative estimate of drug-likeness (QED) is 0.719. The van der Waals surface area contributed by atoms with Gasteiger partial charge < -0.3 is 10.1 Å². The highest BCUT2D eigenvalue weighted by Gasteiger charge is 2.51. The summed E-state index contributed by atoms with van der Waals surface area (Å²) in [6.07, 6.45) is 7.81. The number of esters is 1. The van der Waals surface area contributed by atoms with E-state index < -0.39 is 12.1 Å². The maximum atomic E-state index is 12.5. The number of amides is 1. The van der Waals surface area contributed by atoms with Crippen LogP contribution in [0.15, 0.2) is 24.3 Å². The van der Waals surface area contributed by atoms with Gasteiger partial charge in [0.15, 0.2) is 0 Å². The van der Waals surface area contributed by atoms with E-state index in [1.54, 1.807) is 13.0 Å². The molecule has 0 aromatic heterocycles. The van der Waals surface area contributed by atoms with Gasteiger partial charge in [0.25, 0.3) is 0 Å². The molecule has 0 radical (unpaired) electrons. The Morgan fingerprint density at radius 1 is 1.15 bits per heavy atom. The van der Waals surface area contributed by atoms with Gasteiger partial charge in [-0.05, 0) is 74.7 Å². The minimum atomic E-state index is -0.439. The van der Waals surface area contributed by atoms with Crippen LogP contribution in [0.1, 0.15) is 63.5 Å². The standard InChI is InChI=1S/C22H28ClNO3/c1-14(18-4-2-3-5-19(18)23)27-21(26)13-24-20(25)12-22-9-15-6-16(10-22)8-17(7-15)11-22/h2-5,14-17H,6-13H2,1H3,(H,24,25)/t14-,15?,16?,17?,22?/m1/s1. The van der Waals surface area contributed by atoms with Gasteiger partial charge in [-0.15, -0.1) is 0 Å². The summed E-state index contributed by atoms with van der Waals surface area (Å²) >= 11 is 6.14. The second-order valence-electron chi connectivity index (χ2n) is 9.02. The molecule has 1 aromatic rings. The van der Waals surface area contributed by atoms with Crippen molar-refractivity contribution in [1.29, 1.82) is 0 Å². The normalized spacial score (nSPS) is 32.1. The molecule has 4 nitrogen and oxygen atoms in total. The highest BCUT2D eigenvalue weighted by atomic mass is 35.5. The van der Waals surface area contributed by atoms with Crippen molar-refractivity contribution in [2.24, 2.45) is 23.2 Å². The summed E-state index contributed by atoms with van der Waals surface area (Å²) in [5.41, 5.74) is 0.959. The van der Waals surface area contributed by atoms with Gasteiger partial charge in [-0.2, -0.15) is 0 Å². The number of benzene rings is 1. The van der Waals surface area contributed by atoms with Gasteiger partial charge in [0.2, 0.25) is 5.91 Å². The molecule has 4 fully saturated rings. The van der Waals surface area contributed by atoms with Crippen molar-refractivity contribution in [1.82, 2.24) is 5.32 Å². The zero-order valence-corrected chi connectivity index (χ0v) is 16.6. The third-order valence-electron chi connectivity index (χ3n) is 6.78. The summed E-state index contributed by atoms with van der Waals surface area (Å²) in [6.45, 7) is 1.70. The first-order chi connectivity index (χ1) is 12.9. The van der Waals surface area contributed by atoms with Gasteiger partial charge in [0.1, 0.15) is 12.6 Å². The molecule has 146 valence electrons. The predicted molar refractivity (Wildman–Crippen MR) is 104 cm³/mol. The maximum Gasteiger partial charge on any atom is 0.326 e. The molecule has 4 saturated carbocycles. The lowest BCUT2D eigenvalue weighted by atomic mass is 9.49. The first-order valence-corrected chi connectivity index (χ1v) is 10.5. The summed E-state index contributed by atoms with van der Waals surface area (Å²) in [5.74, 6) is 2.03. The van der Waals surface area contributed by atoms with Crippen molar-refractivity contribution in [3.05, 3.63) is 34.9 Å². The van der Waals surface area contributed by atoms with Gasteiger partial charge >= 0.3 is 5.97 Å². The number of hydrogen-bond acceptors (Lipinski definition) is 3. The highest BCUT2D eigenvalue weighted by Crippen LogP contribution is 2.61. The van der Waals surface area contributed by atoms with Crippen LogP contribution in [0.4, 0.5) is 0 Å². The van der Waals surface area contributed by atoms with E-state index in [-0.39, 0.29) is 17.9 Å². The Balaban J connectivity index is 1.26. The molecule has 4 aliphatic carbocycles. The van der Waals surface area contributed by atoms with Gasteiger partial charge in [-0.25, -0.2) is 0 Å². The van der Waals surface area contributed by atoms with Crippen molar-refractivity contribution < 1.29 is 14.3 Å². The molecule has 0 aliphatic heterocycles. The Morgan fingerprint density at radius 3 is 2.33 bits per heavy atom. The van der Waals surface area contributed by atoms with Gasteiger partial charge in [-0.1, -0.05) is 29.8 Å². The lowest BCUT2D eigenvalue weighted by Crippen LogP contribution is -2.48. The van der Waals surface area contributed by atoms with Crippen molar-refractivity contribution in [2.45, 2.75) is 58.0 Å². The first-order valence-electron chi connectivity index (χ1n) is 10.1. The zero-order valence-electron chi connectivity index (χ0n) is 15.9. The third kappa shape index (κ3) is 4.16. The van der Waals surface area contributed by atoms with Crippen LogP contribution in [-0.4, -0.2) is 18.4 Å². The molecule has 0 spiro atoms. The summed E-state index contributed by atoms with van der Waals surface area (Å²) in [5, 5.41) is 3.36. The fourth-order valence-corrected chi connectivity index (χ4v) is 6.48. The Labute approximate surface area is 166 Å². The van der Waals surface area contributed by atoms with Gasteiger partial charge in [0.05, 0.1) is 0 Å². The van der Waals surface area contributed by atoms with Crippen LogP contribution in [0.3, 0.4) is 0 Å². The Kier molecular flexibility index (Phi) is 5.19. The van der Waals surface area contributed by atoms with Crippen LogP contribution in [0, 0.1) is 23.2 Å². The van der Waals surface area contributed by atoms with Crippen LogP contribution in [0.2, 0.25) is 5.02 Å². The Hall–Kier alpha value is -1.55. The predicted octanol–water partition coefficient (Wildman–Crippen LogP) is 4.67. The molecule has 5 heteroatoms. The number of carbonyl (C=O) groups excluding carboxylic acids is 2. The average Bonchev–Trinajstić information content (AvgIpc) is 2.58. The molecule has 0 heterocycles. The second kappa shape index (κ2) is 7.46. The lowest BCUT2D eigenvalue weighted by molar-refractivity contribution is -0.149. The van der Waals surface area contributed by atoms with Gasteiger partial charge in [-0.3, -0.25) is 9.59 Å². The number of hydrogen-bond donors (Lipinski definition) is 1. The van der Waals surface area contributed by atoms with Crippen LogP contribution >= 0.6 is 11.6 Å². The number of nitrogens with one attached hydrogen (secondary N) is 1. The molecule has 5 rings (SSSR count). The van der Waals surface area contributed by atoms with Gasteiger partial charge in [0, 0.05) is 17.0 Å². The fourth-order valence-electron chi connectivity index (χ4n) is 6.19. The number of carbonyl (C=O) groups is 2. The molecule has 1 amide bonds. The topological polar surface area (TPSA) is 55.4 Å². The molecule has 1 N–H and O–H groups in total. The molecular weight excluding hydrogens is 362 g/mol. The second-order valence-corrected chi connectivity index (χ2v) is 9.43. The molecule has 4 aliphatic rings. The van der Waals surface area contributed by atoms with Crippen molar-refractivity contribution >= 4 is 23.5 Å². The maximum absolute atomic E-state index is 12.5. The molecule has 1 aromatic carbocycles. The molecule has 1 atom stereocenters. The molecule has 0 unspecified atom stereocenters. The SMILES string of the molecule is C[C@@H](OC(=O)CNC(=O)CC12CC3CC(CC(C3)C1)C2)c1ccccc1Cl. The van der Waals surface area contributed by atoms with E-state index in [9.17, 15) is 9.59 Å². The van der Waals surface area contributed by atoms with E-state index in [1.807, 2.05) is 18.2 Å². The van der Waals surface area contributed by atoms with Crippen LogP contribution in [0.5, 0.6) is 0 Å². The lowest BCUT2D eigenvalue weighted by Gasteiger charge is -2.56. The van der Waals surface area contributed by atoms with E-state index in [0.29, 0.717) is 11.4 Å². The van der Waals surface area contributed by atoms with Crippen LogP contribution < -0.4 is 5.32 Å². The van der Waals surface area contributed by atoms with Crippen LogP contribution in [0.25, 0.3) is 0 Å². The molecular formula is C22H28ClNO3. The zero-order chi connectivity index (χ0) is 19.0. The van der Waals surface area contributed by atoms with E-state index in [1.165, 1.54) is 38.5 Å². The van der Waals surface area contributed by atoms with E-state index >= 15 is 0 Å². The number of halogens is 1. The number of rotatable bonds is 6. The Bertz CT molecular complexity index is 697. The highest BCUT2D eigenvalue weighted by molar-refractivity contribution is 6.31. The smallest absolute Gasteiger partial charge is 0.326 e. The fraction of sp³-hybridized carbons (Fsp3) is 0.636. The van der Waals surface area contributed by atoms with E-state index in [0.717, 1.165) is 23.3 Å². The third-order valence-corrected chi connectivity index (χ3v) is 7.13. The van der Waals surface area contributed by atoms with Crippen molar-refractivity contribution in [3.8, 4) is 0 Å².